The van der Waals surface area contributed by atoms with Crippen molar-refractivity contribution in [2.45, 2.75) is 37.3 Å². The summed E-state index contributed by atoms with van der Waals surface area (Å²) in [6.07, 6.45) is 0.456. The van der Waals surface area contributed by atoms with Gasteiger partial charge in [0.15, 0.2) is 0 Å². The molecule has 2 atom stereocenters. The summed E-state index contributed by atoms with van der Waals surface area (Å²) in [5.41, 5.74) is -0.111. The number of ether oxygens (including phenoxy) is 3. The summed E-state index contributed by atoms with van der Waals surface area (Å²) in [6, 6.07) is 0.371. The van der Waals surface area contributed by atoms with E-state index >= 15 is 0 Å². The largest absolute Gasteiger partial charge is 0.378 e. The average molecular weight is 265 g/mol. The fourth-order valence-corrected chi connectivity index (χ4v) is 2.57. The molecule has 0 aromatic carbocycles. The van der Waals surface area contributed by atoms with E-state index in [2.05, 4.69) is 5.32 Å². The second-order valence-electron chi connectivity index (χ2n) is 4.94. The Bertz CT molecular complexity index is 247. The number of hydrogen-bond donors (Lipinski definition) is 1. The monoisotopic (exact) mass is 265 g/mol. The highest BCUT2D eigenvalue weighted by molar-refractivity contribution is 4.92. The van der Waals surface area contributed by atoms with Crippen molar-refractivity contribution < 1.29 is 23.0 Å². The van der Waals surface area contributed by atoms with Gasteiger partial charge >= 0.3 is 0 Å². The Morgan fingerprint density at radius 1 is 1.39 bits per heavy atom. The normalized spacial score (nSPS) is 32.5. The molecule has 2 aliphatic rings. The minimum absolute atomic E-state index is 0.111. The van der Waals surface area contributed by atoms with Crippen molar-refractivity contribution in [1.82, 2.24) is 5.32 Å². The predicted molar refractivity (Wildman–Crippen MR) is 62.0 cm³/mol. The van der Waals surface area contributed by atoms with Gasteiger partial charge in [0.2, 0.25) is 0 Å². The van der Waals surface area contributed by atoms with Crippen LogP contribution in [0, 0.1) is 0 Å². The highest BCUT2D eigenvalue weighted by atomic mass is 19.3. The first-order valence-electron chi connectivity index (χ1n) is 6.51. The third kappa shape index (κ3) is 4.12. The number of nitrogens with one attached hydrogen (secondary N) is 1. The van der Waals surface area contributed by atoms with Crippen molar-refractivity contribution in [2.75, 3.05) is 39.6 Å². The quantitative estimate of drug-likeness (QED) is 0.732. The molecule has 0 aromatic heterocycles. The predicted octanol–water partition coefficient (Wildman–Crippen LogP) is 1.20. The van der Waals surface area contributed by atoms with Gasteiger partial charge in [0.05, 0.1) is 18.8 Å². The Labute approximate surface area is 106 Å². The van der Waals surface area contributed by atoms with E-state index in [1.807, 2.05) is 0 Å². The van der Waals surface area contributed by atoms with Crippen molar-refractivity contribution in [1.29, 1.82) is 0 Å². The molecule has 18 heavy (non-hydrogen) atoms. The zero-order valence-electron chi connectivity index (χ0n) is 10.5. The van der Waals surface area contributed by atoms with Crippen LogP contribution in [0.15, 0.2) is 0 Å². The Hall–Kier alpha value is -0.300. The standard InChI is InChI=1S/C12H21F2NO3/c13-11(14)8-16-6-3-15-10-1-4-18-12(7-10)2-5-17-9-12/h10-11,15H,1-9H2. The van der Waals surface area contributed by atoms with Gasteiger partial charge < -0.3 is 19.5 Å². The number of halogens is 2. The van der Waals surface area contributed by atoms with Gasteiger partial charge in [0.25, 0.3) is 6.43 Å². The molecule has 4 nitrogen and oxygen atoms in total. The highest BCUT2D eigenvalue weighted by Gasteiger charge is 2.40. The van der Waals surface area contributed by atoms with Crippen molar-refractivity contribution in [3.8, 4) is 0 Å². The molecule has 1 N–H and O–H groups in total. The number of hydrogen-bond acceptors (Lipinski definition) is 4. The molecule has 2 saturated heterocycles. The molecule has 0 aromatic rings. The van der Waals surface area contributed by atoms with E-state index < -0.39 is 13.0 Å². The average Bonchev–Trinajstić information content (AvgIpc) is 2.76. The van der Waals surface area contributed by atoms with Crippen LogP contribution in [-0.2, 0) is 14.2 Å². The van der Waals surface area contributed by atoms with E-state index in [4.69, 9.17) is 14.2 Å². The van der Waals surface area contributed by atoms with Gasteiger partial charge in [-0.2, -0.15) is 0 Å². The van der Waals surface area contributed by atoms with E-state index in [-0.39, 0.29) is 5.60 Å². The van der Waals surface area contributed by atoms with Crippen LogP contribution in [0.2, 0.25) is 0 Å². The fourth-order valence-electron chi connectivity index (χ4n) is 2.57. The zero-order valence-corrected chi connectivity index (χ0v) is 10.5. The molecule has 6 heteroatoms. The summed E-state index contributed by atoms with van der Waals surface area (Å²) in [4.78, 5) is 0. The molecular formula is C12H21F2NO3. The first-order valence-corrected chi connectivity index (χ1v) is 6.51. The van der Waals surface area contributed by atoms with Gasteiger partial charge in [0, 0.05) is 32.2 Å². The van der Waals surface area contributed by atoms with Crippen LogP contribution in [0.3, 0.4) is 0 Å². The maximum Gasteiger partial charge on any atom is 0.261 e. The van der Waals surface area contributed by atoms with Gasteiger partial charge in [-0.15, -0.1) is 0 Å². The van der Waals surface area contributed by atoms with Crippen LogP contribution in [0.25, 0.3) is 0 Å². The summed E-state index contributed by atoms with van der Waals surface area (Å²) in [5.74, 6) is 0. The molecule has 106 valence electrons. The van der Waals surface area contributed by atoms with Crippen LogP contribution >= 0.6 is 0 Å². The summed E-state index contributed by atoms with van der Waals surface area (Å²) in [6.45, 7) is 2.63. The lowest BCUT2D eigenvalue weighted by atomic mass is 9.90. The van der Waals surface area contributed by atoms with Crippen molar-refractivity contribution >= 4 is 0 Å². The van der Waals surface area contributed by atoms with E-state index in [0.717, 1.165) is 32.5 Å². The Balaban J connectivity index is 1.61. The first-order chi connectivity index (χ1) is 8.70. The second kappa shape index (κ2) is 6.75. The maximum atomic E-state index is 11.8. The Kier molecular flexibility index (Phi) is 5.29. The highest BCUT2D eigenvalue weighted by Crippen LogP contribution is 2.32. The first kappa shape index (κ1) is 14.1. The van der Waals surface area contributed by atoms with E-state index in [1.54, 1.807) is 0 Å². The molecule has 0 bridgehead atoms. The van der Waals surface area contributed by atoms with Crippen LogP contribution < -0.4 is 5.32 Å². The van der Waals surface area contributed by atoms with Gasteiger partial charge in [-0.1, -0.05) is 0 Å². The molecule has 2 unspecified atom stereocenters. The van der Waals surface area contributed by atoms with Crippen molar-refractivity contribution in [3.05, 3.63) is 0 Å². The lowest BCUT2D eigenvalue weighted by Crippen LogP contribution is -2.48. The van der Waals surface area contributed by atoms with E-state index in [1.165, 1.54) is 0 Å². The molecule has 0 saturated carbocycles. The van der Waals surface area contributed by atoms with Crippen LogP contribution in [0.1, 0.15) is 19.3 Å². The van der Waals surface area contributed by atoms with E-state index in [0.29, 0.717) is 25.8 Å². The van der Waals surface area contributed by atoms with Gasteiger partial charge in [-0.05, 0) is 12.8 Å². The number of rotatable bonds is 6. The minimum Gasteiger partial charge on any atom is -0.378 e. The third-order valence-electron chi connectivity index (χ3n) is 3.48. The van der Waals surface area contributed by atoms with Crippen LogP contribution in [-0.4, -0.2) is 57.6 Å². The van der Waals surface area contributed by atoms with Gasteiger partial charge in [-0.25, -0.2) is 8.78 Å². The summed E-state index contributed by atoms with van der Waals surface area (Å²) >= 11 is 0. The smallest absolute Gasteiger partial charge is 0.261 e. The van der Waals surface area contributed by atoms with E-state index in [9.17, 15) is 8.78 Å². The van der Waals surface area contributed by atoms with Crippen LogP contribution in [0.5, 0.6) is 0 Å². The SMILES string of the molecule is FC(F)COCCNC1CCOC2(CCOC2)C1. The third-order valence-corrected chi connectivity index (χ3v) is 3.48. The second-order valence-corrected chi connectivity index (χ2v) is 4.94. The molecule has 2 heterocycles. The molecule has 0 radical (unpaired) electrons. The van der Waals surface area contributed by atoms with Crippen molar-refractivity contribution in [3.63, 3.8) is 0 Å². The molecule has 2 fully saturated rings. The van der Waals surface area contributed by atoms with Crippen molar-refractivity contribution in [2.24, 2.45) is 0 Å². The summed E-state index contributed by atoms with van der Waals surface area (Å²) in [7, 11) is 0. The summed E-state index contributed by atoms with van der Waals surface area (Å²) in [5, 5.41) is 3.34. The minimum atomic E-state index is -2.38. The molecule has 0 aliphatic carbocycles. The Morgan fingerprint density at radius 3 is 3.00 bits per heavy atom. The fraction of sp³-hybridized carbons (Fsp3) is 1.00. The maximum absolute atomic E-state index is 11.8. The molecule has 1 spiro atoms. The van der Waals surface area contributed by atoms with Gasteiger partial charge in [-0.3, -0.25) is 0 Å². The van der Waals surface area contributed by atoms with Gasteiger partial charge in [0.1, 0.15) is 6.61 Å². The van der Waals surface area contributed by atoms with Crippen LogP contribution in [0.4, 0.5) is 8.78 Å². The lowest BCUT2D eigenvalue weighted by molar-refractivity contribution is -0.0898. The Morgan fingerprint density at radius 2 is 2.28 bits per heavy atom. The summed E-state index contributed by atoms with van der Waals surface area (Å²) < 4.78 is 39.7. The topological polar surface area (TPSA) is 39.7 Å². The molecular weight excluding hydrogens is 244 g/mol. The lowest BCUT2D eigenvalue weighted by Gasteiger charge is -2.37. The zero-order chi connectivity index (χ0) is 12.8. The molecule has 2 rings (SSSR count). The number of alkyl halides is 2. The molecule has 2 aliphatic heterocycles. The molecule has 0 amide bonds.